The monoisotopic (exact) mass is 568 g/mol. The van der Waals surface area contributed by atoms with Gasteiger partial charge in [0.1, 0.15) is 22.8 Å². The molecule has 0 saturated carbocycles. The lowest BCUT2D eigenvalue weighted by Gasteiger charge is -2.43. The highest BCUT2D eigenvalue weighted by Gasteiger charge is 2.45. The lowest BCUT2D eigenvalue weighted by molar-refractivity contribution is -0.0301. The van der Waals surface area contributed by atoms with Gasteiger partial charge in [-0.05, 0) is 50.5 Å². The number of hydrogen-bond acceptors (Lipinski definition) is 6. The molecule has 4 N–H and O–H groups in total. The first-order valence-corrected chi connectivity index (χ1v) is 13.7. The van der Waals surface area contributed by atoms with Crippen LogP contribution in [0, 0.1) is 11.6 Å². The van der Waals surface area contributed by atoms with Crippen molar-refractivity contribution in [3.8, 4) is 0 Å². The molecular formula is C29H34F2N6O4. The number of anilines is 1. The number of aromatic nitrogens is 3. The van der Waals surface area contributed by atoms with Crippen LogP contribution in [0.1, 0.15) is 68.1 Å². The van der Waals surface area contributed by atoms with E-state index in [1.807, 2.05) is 16.7 Å². The number of fused-ring (bicyclic) bond motifs is 3. The van der Waals surface area contributed by atoms with Crippen molar-refractivity contribution in [2.45, 2.75) is 69.6 Å². The molecule has 218 valence electrons. The average molecular weight is 569 g/mol. The molecule has 1 aromatic carbocycles. The number of nitrogens with one attached hydrogen (secondary N) is 1. The number of aryl methyl sites for hydroxylation is 1. The minimum Gasteiger partial charge on any atom is -0.437 e. The molecule has 1 spiro atoms. The summed E-state index contributed by atoms with van der Waals surface area (Å²) in [6, 6.07) is 7.59. The quantitative estimate of drug-likeness (QED) is 0.416. The summed E-state index contributed by atoms with van der Waals surface area (Å²) in [6.07, 6.45) is 6.28. The van der Waals surface area contributed by atoms with Crippen molar-refractivity contribution in [3.63, 3.8) is 0 Å². The van der Waals surface area contributed by atoms with Gasteiger partial charge in [0, 0.05) is 56.6 Å². The number of piperidine rings is 1. The van der Waals surface area contributed by atoms with Crippen LogP contribution in [0.4, 0.5) is 24.2 Å². The number of halogens is 2. The van der Waals surface area contributed by atoms with Gasteiger partial charge in [-0.25, -0.2) is 28.3 Å². The number of likely N-dealkylation sites (tertiary alicyclic amines) is 1. The third-order valence-electron chi connectivity index (χ3n) is 8.03. The first-order valence-electron chi connectivity index (χ1n) is 13.7. The SMILES string of the molecule is CC(C)(O)c1cnc2n1CC(c1cccc(F)c1F)CCC2.NC(=O)N1CCC2(CC1)OC(=O)Nc1ncccc12. The van der Waals surface area contributed by atoms with Crippen molar-refractivity contribution in [2.24, 2.45) is 5.73 Å². The van der Waals surface area contributed by atoms with E-state index >= 15 is 0 Å². The Labute approximate surface area is 236 Å². The number of primary amides is 1. The van der Waals surface area contributed by atoms with Crippen LogP contribution in [0.2, 0.25) is 0 Å². The van der Waals surface area contributed by atoms with Crippen molar-refractivity contribution in [2.75, 3.05) is 18.4 Å². The molecule has 3 aliphatic rings. The summed E-state index contributed by atoms with van der Waals surface area (Å²) in [5.74, 6) is -0.258. The number of aliphatic hydroxyl groups is 1. The van der Waals surface area contributed by atoms with Gasteiger partial charge in [-0.2, -0.15) is 0 Å². The van der Waals surface area contributed by atoms with Crippen LogP contribution < -0.4 is 11.1 Å². The zero-order chi connectivity index (χ0) is 29.4. The van der Waals surface area contributed by atoms with Crippen molar-refractivity contribution in [3.05, 3.63) is 77.0 Å². The third-order valence-corrected chi connectivity index (χ3v) is 8.03. The number of urea groups is 1. The normalized spacial score (nSPS) is 19.6. The summed E-state index contributed by atoms with van der Waals surface area (Å²) in [5, 5.41) is 12.9. The molecule has 10 nitrogen and oxygen atoms in total. The smallest absolute Gasteiger partial charge is 0.413 e. The Kier molecular flexibility index (Phi) is 7.69. The predicted octanol–water partition coefficient (Wildman–Crippen LogP) is 4.52. The van der Waals surface area contributed by atoms with Crippen molar-refractivity contribution < 1.29 is 28.2 Å². The maximum atomic E-state index is 14.1. The van der Waals surface area contributed by atoms with Gasteiger partial charge in [0.05, 0.1) is 11.9 Å². The van der Waals surface area contributed by atoms with Crippen LogP contribution in [-0.4, -0.2) is 49.8 Å². The Morgan fingerprint density at radius 3 is 2.66 bits per heavy atom. The molecule has 0 aliphatic carbocycles. The molecule has 1 fully saturated rings. The summed E-state index contributed by atoms with van der Waals surface area (Å²) in [5.41, 5.74) is 5.53. The molecule has 1 unspecified atom stereocenters. The molecule has 3 aromatic rings. The summed E-state index contributed by atoms with van der Waals surface area (Å²) >= 11 is 0. The number of nitrogens with two attached hydrogens (primary N) is 1. The fourth-order valence-corrected chi connectivity index (χ4v) is 5.90. The lowest BCUT2D eigenvalue weighted by Crippen LogP contribution is -2.51. The topological polar surface area (TPSA) is 136 Å². The van der Waals surface area contributed by atoms with Gasteiger partial charge < -0.3 is 25.0 Å². The van der Waals surface area contributed by atoms with Gasteiger partial charge in [-0.3, -0.25) is 5.32 Å². The van der Waals surface area contributed by atoms with Crippen molar-refractivity contribution >= 4 is 17.9 Å². The van der Waals surface area contributed by atoms with Crippen LogP contribution in [0.3, 0.4) is 0 Å². The number of imidazole rings is 1. The van der Waals surface area contributed by atoms with E-state index in [0.29, 0.717) is 49.6 Å². The number of pyridine rings is 1. The van der Waals surface area contributed by atoms with E-state index in [2.05, 4.69) is 15.3 Å². The fourth-order valence-electron chi connectivity index (χ4n) is 5.90. The largest absolute Gasteiger partial charge is 0.437 e. The highest BCUT2D eigenvalue weighted by molar-refractivity contribution is 5.87. The third kappa shape index (κ3) is 5.74. The number of rotatable bonds is 2. The zero-order valence-corrected chi connectivity index (χ0v) is 23.1. The second kappa shape index (κ2) is 11.1. The lowest BCUT2D eigenvalue weighted by atomic mass is 9.83. The second-order valence-electron chi connectivity index (χ2n) is 11.2. The highest BCUT2D eigenvalue weighted by atomic mass is 19.2. The Hall–Kier alpha value is -4.06. The average Bonchev–Trinajstić information content (AvgIpc) is 3.22. The maximum absolute atomic E-state index is 14.1. The number of benzene rings is 1. The van der Waals surface area contributed by atoms with E-state index in [4.69, 9.17) is 10.5 Å². The van der Waals surface area contributed by atoms with Gasteiger partial charge in [0.15, 0.2) is 11.6 Å². The van der Waals surface area contributed by atoms with Crippen LogP contribution in [0.5, 0.6) is 0 Å². The molecular weight excluding hydrogens is 534 g/mol. The number of ether oxygens (including phenoxy) is 1. The van der Waals surface area contributed by atoms with E-state index in [1.54, 1.807) is 43.3 Å². The van der Waals surface area contributed by atoms with Gasteiger partial charge in [-0.15, -0.1) is 0 Å². The molecule has 0 radical (unpaired) electrons. The van der Waals surface area contributed by atoms with Gasteiger partial charge >= 0.3 is 12.1 Å². The number of carbonyl (C=O) groups excluding carboxylic acids is 2. The van der Waals surface area contributed by atoms with E-state index in [-0.39, 0.29) is 5.92 Å². The first kappa shape index (κ1) is 28.5. The Morgan fingerprint density at radius 1 is 1.20 bits per heavy atom. The molecule has 0 bridgehead atoms. The number of hydrogen-bond donors (Lipinski definition) is 3. The summed E-state index contributed by atoms with van der Waals surface area (Å²) in [4.78, 5) is 32.9. The molecule has 12 heteroatoms. The molecule has 3 amide bonds. The molecule has 6 rings (SSSR count). The number of amides is 3. The van der Waals surface area contributed by atoms with Crippen molar-refractivity contribution in [1.82, 2.24) is 19.4 Å². The summed E-state index contributed by atoms with van der Waals surface area (Å²) < 4.78 is 35.1. The molecule has 2 aromatic heterocycles. The first-order chi connectivity index (χ1) is 19.5. The molecule has 1 saturated heterocycles. The highest BCUT2D eigenvalue weighted by Crippen LogP contribution is 2.42. The Morgan fingerprint density at radius 2 is 1.95 bits per heavy atom. The minimum absolute atomic E-state index is 0.118. The predicted molar refractivity (Wildman–Crippen MR) is 146 cm³/mol. The van der Waals surface area contributed by atoms with E-state index in [9.17, 15) is 23.5 Å². The summed E-state index contributed by atoms with van der Waals surface area (Å²) in [7, 11) is 0. The van der Waals surface area contributed by atoms with E-state index in [1.165, 1.54) is 0 Å². The van der Waals surface area contributed by atoms with Crippen LogP contribution >= 0.6 is 0 Å². The Bertz CT molecular complexity index is 1450. The molecule has 3 aliphatic heterocycles. The number of carbonyl (C=O) groups is 2. The molecule has 5 heterocycles. The van der Waals surface area contributed by atoms with Gasteiger partial charge in [0.2, 0.25) is 0 Å². The maximum Gasteiger partial charge on any atom is 0.413 e. The minimum atomic E-state index is -1.01. The fraction of sp³-hybridized carbons (Fsp3) is 0.448. The second-order valence-corrected chi connectivity index (χ2v) is 11.2. The van der Waals surface area contributed by atoms with E-state index in [0.717, 1.165) is 36.7 Å². The van der Waals surface area contributed by atoms with Gasteiger partial charge in [-0.1, -0.05) is 12.1 Å². The molecule has 41 heavy (non-hydrogen) atoms. The van der Waals surface area contributed by atoms with Crippen molar-refractivity contribution in [1.29, 1.82) is 0 Å². The van der Waals surface area contributed by atoms with Crippen LogP contribution in [0.25, 0.3) is 0 Å². The van der Waals surface area contributed by atoms with Crippen LogP contribution in [0.15, 0.2) is 42.7 Å². The van der Waals surface area contributed by atoms with Crippen LogP contribution in [-0.2, 0) is 28.9 Å². The molecule has 1 atom stereocenters. The van der Waals surface area contributed by atoms with E-state index < -0.39 is 35.0 Å². The number of nitrogens with zero attached hydrogens (tertiary/aromatic N) is 4. The van der Waals surface area contributed by atoms with Gasteiger partial charge in [0.25, 0.3) is 0 Å². The zero-order valence-electron chi connectivity index (χ0n) is 23.1. The summed E-state index contributed by atoms with van der Waals surface area (Å²) in [6.45, 7) is 4.86. The standard InChI is InChI=1S/C17H20F2N2O.C12H14N4O3/c1-17(2,22)14-9-20-15-8-3-5-11(10-21(14)15)12-6-4-7-13(18)16(12)19;13-10(17)16-6-3-12(4-7-16)8-2-1-5-14-9(8)15-11(18)19-12/h4,6-7,9,11,22H,3,5,8,10H2,1-2H3;1-2,5H,3-4,6-7H2,(H2,13,17)(H,14,15,18). The Balaban J connectivity index is 0.000000166.